The van der Waals surface area contributed by atoms with E-state index in [1.807, 2.05) is 0 Å². The molecule has 0 heterocycles. The minimum absolute atomic E-state index is 0.972. The van der Waals surface area contributed by atoms with Crippen molar-refractivity contribution in [2.75, 3.05) is 26.7 Å². The predicted molar refractivity (Wildman–Crippen MR) is 242 cm³/mol. The van der Waals surface area contributed by atoms with Crippen LogP contribution < -0.4 is 5.11 Å². The van der Waals surface area contributed by atoms with Gasteiger partial charge in [0.05, 0.1) is 26.7 Å². The van der Waals surface area contributed by atoms with E-state index in [0.717, 1.165) is 6.92 Å². The molecule has 0 saturated heterocycles. The van der Waals surface area contributed by atoms with Crippen LogP contribution in [0.2, 0.25) is 0 Å². The van der Waals surface area contributed by atoms with Gasteiger partial charge in [0.1, 0.15) is 0 Å². The molecule has 0 bridgehead atoms. The Morgan fingerprint density at radius 2 is 0.407 bits per heavy atom. The van der Waals surface area contributed by atoms with E-state index in [1.54, 1.807) is 0 Å². The van der Waals surface area contributed by atoms with Crippen molar-refractivity contribution < 1.29 is 14.4 Å². The monoisotopic (exact) mass is 764 g/mol. The normalized spacial score (nSPS) is 11.6. The van der Waals surface area contributed by atoms with Gasteiger partial charge in [-0.05, 0) is 45.4 Å². The van der Waals surface area contributed by atoms with Gasteiger partial charge in [0.15, 0.2) is 0 Å². The van der Waals surface area contributed by atoms with E-state index in [0.29, 0.717) is 0 Å². The number of unbranched alkanes of at least 4 members (excludes halogenated alkanes) is 39. The second-order valence-electron chi connectivity index (χ2n) is 18.1. The van der Waals surface area contributed by atoms with Crippen LogP contribution in [0.5, 0.6) is 0 Å². The van der Waals surface area contributed by atoms with Crippen molar-refractivity contribution in [3.05, 3.63) is 0 Å². The zero-order valence-electron chi connectivity index (χ0n) is 38.6. The molecule has 0 N–H and O–H groups in total. The topological polar surface area (TPSA) is 40.1 Å². The maximum absolute atomic E-state index is 8.89. The third kappa shape index (κ3) is 51.4. The molecule has 0 aliphatic rings. The first-order valence-corrected chi connectivity index (χ1v) is 25.4. The van der Waals surface area contributed by atoms with Crippen LogP contribution in [0.25, 0.3) is 0 Å². The fourth-order valence-corrected chi connectivity index (χ4v) is 8.40. The summed E-state index contributed by atoms with van der Waals surface area (Å²) in [6.45, 7) is 12.3. The van der Waals surface area contributed by atoms with E-state index in [1.165, 1.54) is 294 Å². The number of carbonyl (C=O) groups is 1. The van der Waals surface area contributed by atoms with Crippen LogP contribution >= 0.6 is 0 Å². The summed E-state index contributed by atoms with van der Waals surface area (Å²) in [6.07, 6.45) is 61.7. The highest BCUT2D eigenvalue weighted by molar-refractivity contribution is 5.60. The lowest BCUT2D eigenvalue weighted by atomic mass is 10.0. The fourth-order valence-electron chi connectivity index (χ4n) is 8.40. The molecule has 0 amide bonds. The molecule has 0 aromatic carbocycles. The molecule has 0 aromatic heterocycles. The van der Waals surface area contributed by atoms with Crippen LogP contribution in [0.1, 0.15) is 297 Å². The van der Waals surface area contributed by atoms with Gasteiger partial charge in [-0.2, -0.15) is 0 Å². The van der Waals surface area contributed by atoms with Crippen molar-refractivity contribution in [3.8, 4) is 0 Å². The quantitative estimate of drug-likeness (QED) is 0.0458. The number of carbonyl (C=O) groups excluding carboxylic acids is 1. The van der Waals surface area contributed by atoms with Crippen LogP contribution in [0.4, 0.5) is 0 Å². The molecule has 0 aliphatic heterocycles. The number of rotatable bonds is 45. The van der Waals surface area contributed by atoms with E-state index in [-0.39, 0.29) is 0 Å². The van der Waals surface area contributed by atoms with Crippen LogP contribution in [-0.2, 0) is 4.79 Å². The number of hydrogen-bond acceptors (Lipinski definition) is 2. The molecule has 3 heteroatoms. The van der Waals surface area contributed by atoms with Crippen molar-refractivity contribution in [1.29, 1.82) is 0 Å². The molecule has 0 spiro atoms. The van der Waals surface area contributed by atoms with E-state index >= 15 is 0 Å². The Bertz CT molecular complexity index is 596. The van der Waals surface area contributed by atoms with Crippen molar-refractivity contribution in [1.82, 2.24) is 0 Å². The zero-order chi connectivity index (χ0) is 39.9. The first-order chi connectivity index (χ1) is 26.4. The number of carboxylic acid groups (broad SMARTS) is 1. The third-order valence-corrected chi connectivity index (χ3v) is 12.2. The van der Waals surface area contributed by atoms with Gasteiger partial charge in [-0.1, -0.05) is 252 Å². The van der Waals surface area contributed by atoms with Crippen LogP contribution in [0.3, 0.4) is 0 Å². The lowest BCUT2D eigenvalue weighted by molar-refractivity contribution is -0.910. The van der Waals surface area contributed by atoms with Gasteiger partial charge < -0.3 is 14.4 Å². The largest absolute Gasteiger partial charge is 0.550 e. The third-order valence-electron chi connectivity index (χ3n) is 12.2. The molecule has 0 saturated carbocycles. The van der Waals surface area contributed by atoms with Gasteiger partial charge in [0, 0.05) is 5.97 Å². The lowest BCUT2D eigenvalue weighted by Gasteiger charge is -2.35. The van der Waals surface area contributed by atoms with Crippen molar-refractivity contribution in [2.24, 2.45) is 0 Å². The van der Waals surface area contributed by atoms with E-state index in [2.05, 4.69) is 27.8 Å². The highest BCUT2D eigenvalue weighted by atomic mass is 16.4. The molecule has 0 atom stereocenters. The molecule has 0 fully saturated rings. The molecular formula is C51H105NO2. The highest BCUT2D eigenvalue weighted by Crippen LogP contribution is 2.19. The fraction of sp³-hybridized carbons (Fsp3) is 0.980. The SMILES string of the molecule is CC(=O)[O-].CCCCCCCCCCCCCCCC[N+](C)(CCCCCCCCCCCCCCCC)CCCCCCCCCCCCCCCC. The Balaban J connectivity index is 0. The standard InChI is InChI=1S/C49H102N.C2H4O2/c1-5-8-11-14-17-20-23-26-29-32-35-38-41-44-47-50(4,48-45-42-39-36-33-30-27-24-21-18-15-12-9-6-2)49-46-43-40-37-34-31-28-25-22-19-16-13-10-7-3;1-2(3)4/h5-49H2,1-4H3;1H3,(H,3,4)/q+1;/p-1. The molecule has 0 aliphatic carbocycles. The molecule has 3 nitrogen and oxygen atoms in total. The highest BCUT2D eigenvalue weighted by Gasteiger charge is 2.20. The van der Waals surface area contributed by atoms with E-state index in [9.17, 15) is 0 Å². The number of nitrogens with zero attached hydrogens (tertiary/aromatic N) is 1. The zero-order valence-corrected chi connectivity index (χ0v) is 38.6. The maximum atomic E-state index is 8.89. The molecule has 0 aromatic rings. The molecular weight excluding hydrogens is 659 g/mol. The van der Waals surface area contributed by atoms with E-state index < -0.39 is 5.97 Å². The summed E-state index contributed by atoms with van der Waals surface area (Å²) in [5, 5.41) is 8.89. The van der Waals surface area contributed by atoms with Gasteiger partial charge in [-0.15, -0.1) is 0 Å². The Labute approximate surface area is 343 Å². The molecule has 0 radical (unpaired) electrons. The Morgan fingerprint density at radius 1 is 0.296 bits per heavy atom. The van der Waals surface area contributed by atoms with Gasteiger partial charge in [0.2, 0.25) is 0 Å². The van der Waals surface area contributed by atoms with E-state index in [4.69, 9.17) is 9.90 Å². The van der Waals surface area contributed by atoms with Crippen molar-refractivity contribution >= 4 is 5.97 Å². The van der Waals surface area contributed by atoms with Crippen LogP contribution in [0, 0.1) is 0 Å². The number of aliphatic carboxylic acids is 1. The number of carboxylic acids is 1. The molecule has 0 unspecified atom stereocenters. The van der Waals surface area contributed by atoms with Crippen molar-refractivity contribution in [2.45, 2.75) is 297 Å². The summed E-state index contributed by atoms with van der Waals surface area (Å²) in [6, 6.07) is 0. The summed E-state index contributed by atoms with van der Waals surface area (Å²) >= 11 is 0. The summed E-state index contributed by atoms with van der Waals surface area (Å²) in [7, 11) is 2.63. The molecule has 54 heavy (non-hydrogen) atoms. The van der Waals surface area contributed by atoms with Gasteiger partial charge >= 0.3 is 0 Å². The van der Waals surface area contributed by atoms with Crippen LogP contribution in [0.15, 0.2) is 0 Å². The number of quaternary nitrogens is 1. The average Bonchev–Trinajstić information content (AvgIpc) is 3.15. The first kappa shape index (κ1) is 55.5. The predicted octanol–water partition coefficient (Wildman–Crippen LogP) is 16.6. The summed E-state index contributed by atoms with van der Waals surface area (Å²) < 4.78 is 1.37. The van der Waals surface area contributed by atoms with Gasteiger partial charge in [0.25, 0.3) is 0 Å². The maximum Gasteiger partial charge on any atom is 0.0784 e. The Morgan fingerprint density at radius 3 is 0.537 bits per heavy atom. The van der Waals surface area contributed by atoms with Gasteiger partial charge in [-0.3, -0.25) is 0 Å². The summed E-state index contributed by atoms with van der Waals surface area (Å²) in [4.78, 5) is 8.89. The second kappa shape index (κ2) is 48.6. The Kier molecular flexibility index (Phi) is 50.0. The smallest absolute Gasteiger partial charge is 0.0784 e. The second-order valence-corrected chi connectivity index (χ2v) is 18.1. The first-order valence-electron chi connectivity index (χ1n) is 25.4. The Hall–Kier alpha value is -0.570. The number of hydrogen-bond donors (Lipinski definition) is 0. The summed E-state index contributed by atoms with van der Waals surface area (Å²) in [5.41, 5.74) is 0. The molecule has 0 rings (SSSR count). The van der Waals surface area contributed by atoms with Crippen molar-refractivity contribution in [3.63, 3.8) is 0 Å². The van der Waals surface area contributed by atoms with Crippen LogP contribution in [-0.4, -0.2) is 37.1 Å². The minimum atomic E-state index is -1.08. The lowest BCUT2D eigenvalue weighted by Crippen LogP contribution is -2.46. The molecule has 326 valence electrons. The summed E-state index contributed by atoms with van der Waals surface area (Å²) in [5.74, 6) is -1.08. The minimum Gasteiger partial charge on any atom is -0.550 e. The average molecular weight is 764 g/mol. The van der Waals surface area contributed by atoms with Gasteiger partial charge in [-0.25, -0.2) is 0 Å².